The van der Waals surface area contributed by atoms with Crippen molar-refractivity contribution in [3.05, 3.63) is 42.1 Å². The highest BCUT2D eigenvalue weighted by molar-refractivity contribution is 5.79. The highest BCUT2D eigenvalue weighted by Gasteiger charge is 2.14. The lowest BCUT2D eigenvalue weighted by Gasteiger charge is -2.26. The minimum Gasteiger partial charge on any atom is -0.330 e. The fourth-order valence-corrected chi connectivity index (χ4v) is 2.90. The van der Waals surface area contributed by atoms with Crippen molar-refractivity contribution in [2.45, 2.75) is 32.6 Å². The molecule has 0 amide bonds. The van der Waals surface area contributed by atoms with Crippen LogP contribution in [0.5, 0.6) is 0 Å². The summed E-state index contributed by atoms with van der Waals surface area (Å²) in [6.07, 6.45) is 4.23. The summed E-state index contributed by atoms with van der Waals surface area (Å²) in [4.78, 5) is 6.92. The largest absolute Gasteiger partial charge is 0.330 e. The Bertz CT molecular complexity index is 547. The van der Waals surface area contributed by atoms with E-state index in [2.05, 4.69) is 48.0 Å². The van der Waals surface area contributed by atoms with Crippen molar-refractivity contribution in [3.8, 4) is 0 Å². The van der Waals surface area contributed by atoms with Crippen LogP contribution in [-0.4, -0.2) is 36.1 Å². The molecule has 0 fully saturated rings. The molecule has 2 aromatic rings. The molecule has 0 saturated heterocycles. The molecule has 3 nitrogen and oxygen atoms in total. The highest BCUT2D eigenvalue weighted by atomic mass is 15.1. The molecule has 1 heterocycles. The van der Waals surface area contributed by atoms with Crippen LogP contribution >= 0.6 is 0 Å². The first-order chi connectivity index (χ1) is 10.3. The molecule has 114 valence electrons. The average Bonchev–Trinajstić information content (AvgIpc) is 2.52. The smallest absolute Gasteiger partial charge is 0.0702 e. The molecule has 0 aliphatic rings. The monoisotopic (exact) mass is 285 g/mol. The summed E-state index contributed by atoms with van der Waals surface area (Å²) in [5, 5.41) is 1.20. The van der Waals surface area contributed by atoms with E-state index in [4.69, 9.17) is 5.73 Å². The van der Waals surface area contributed by atoms with E-state index in [1.165, 1.54) is 23.8 Å². The lowest BCUT2D eigenvalue weighted by Crippen LogP contribution is -2.33. The predicted octanol–water partition coefficient (Wildman–Crippen LogP) is 3.40. The Morgan fingerprint density at radius 3 is 2.57 bits per heavy atom. The SMILES string of the molecule is CCCN(CCC)CC(CN)c1ccc2ncccc2c1. The molecular formula is C18H27N3. The normalized spacial score (nSPS) is 13.0. The van der Waals surface area contributed by atoms with Crippen LogP contribution in [0.1, 0.15) is 38.2 Å². The van der Waals surface area contributed by atoms with Crippen LogP contribution in [0.4, 0.5) is 0 Å². The molecule has 0 spiro atoms. The van der Waals surface area contributed by atoms with Crippen molar-refractivity contribution in [1.82, 2.24) is 9.88 Å². The van der Waals surface area contributed by atoms with Crippen molar-refractivity contribution >= 4 is 10.9 Å². The first-order valence-electron chi connectivity index (χ1n) is 8.05. The molecule has 1 aromatic heterocycles. The highest BCUT2D eigenvalue weighted by Crippen LogP contribution is 2.21. The minimum atomic E-state index is 0.396. The standard InChI is InChI=1S/C18H27N3/c1-3-10-21(11-4-2)14-17(13-19)15-7-8-18-16(12-15)6-5-9-20-18/h5-9,12,17H,3-4,10-11,13-14,19H2,1-2H3. The number of benzene rings is 1. The lowest BCUT2D eigenvalue weighted by molar-refractivity contribution is 0.258. The van der Waals surface area contributed by atoms with Crippen LogP contribution in [0.25, 0.3) is 10.9 Å². The van der Waals surface area contributed by atoms with Gasteiger partial charge in [0.1, 0.15) is 0 Å². The van der Waals surface area contributed by atoms with Gasteiger partial charge in [-0.25, -0.2) is 0 Å². The van der Waals surface area contributed by atoms with E-state index in [1.807, 2.05) is 12.3 Å². The van der Waals surface area contributed by atoms with Gasteiger partial charge in [-0.2, -0.15) is 0 Å². The Hall–Kier alpha value is -1.45. The van der Waals surface area contributed by atoms with Gasteiger partial charge in [-0.05, 0) is 49.7 Å². The number of pyridine rings is 1. The van der Waals surface area contributed by atoms with E-state index in [9.17, 15) is 0 Å². The fraction of sp³-hybridized carbons (Fsp3) is 0.500. The number of hydrogen-bond donors (Lipinski definition) is 1. The molecule has 0 aliphatic carbocycles. The number of rotatable bonds is 8. The Morgan fingerprint density at radius 2 is 1.90 bits per heavy atom. The van der Waals surface area contributed by atoms with E-state index in [-0.39, 0.29) is 0 Å². The van der Waals surface area contributed by atoms with Gasteiger partial charge in [-0.1, -0.05) is 26.0 Å². The topological polar surface area (TPSA) is 42.1 Å². The van der Waals surface area contributed by atoms with Crippen LogP contribution in [0, 0.1) is 0 Å². The maximum atomic E-state index is 6.05. The van der Waals surface area contributed by atoms with Crippen LogP contribution in [-0.2, 0) is 0 Å². The van der Waals surface area contributed by atoms with Crippen LogP contribution in [0.15, 0.2) is 36.5 Å². The predicted molar refractivity (Wildman–Crippen MR) is 90.6 cm³/mol. The van der Waals surface area contributed by atoms with Crippen molar-refractivity contribution in [1.29, 1.82) is 0 Å². The Balaban J connectivity index is 2.17. The van der Waals surface area contributed by atoms with Crippen LogP contribution in [0.3, 0.4) is 0 Å². The molecule has 2 rings (SSSR count). The van der Waals surface area contributed by atoms with Gasteiger partial charge in [0.25, 0.3) is 0 Å². The molecule has 0 radical (unpaired) electrons. The Kier molecular flexibility index (Phi) is 6.15. The minimum absolute atomic E-state index is 0.396. The van der Waals surface area contributed by atoms with Gasteiger partial charge < -0.3 is 10.6 Å². The molecule has 0 bridgehead atoms. The molecule has 3 heteroatoms. The Labute approximate surface area is 128 Å². The zero-order chi connectivity index (χ0) is 15.1. The first kappa shape index (κ1) is 15.9. The quantitative estimate of drug-likeness (QED) is 0.808. The van der Waals surface area contributed by atoms with E-state index in [0.29, 0.717) is 12.5 Å². The number of hydrogen-bond acceptors (Lipinski definition) is 3. The average molecular weight is 285 g/mol. The summed E-state index contributed by atoms with van der Waals surface area (Å²) in [6, 6.07) is 10.6. The molecule has 1 unspecified atom stereocenters. The lowest BCUT2D eigenvalue weighted by atomic mass is 9.96. The fourth-order valence-electron chi connectivity index (χ4n) is 2.90. The number of nitrogens with zero attached hydrogens (tertiary/aromatic N) is 2. The summed E-state index contributed by atoms with van der Waals surface area (Å²) in [6.45, 7) is 8.52. The summed E-state index contributed by atoms with van der Waals surface area (Å²) >= 11 is 0. The number of fused-ring (bicyclic) bond motifs is 1. The van der Waals surface area contributed by atoms with Gasteiger partial charge in [0.2, 0.25) is 0 Å². The van der Waals surface area contributed by atoms with Crippen LogP contribution < -0.4 is 5.73 Å². The van der Waals surface area contributed by atoms with Gasteiger partial charge in [-0.3, -0.25) is 4.98 Å². The summed E-state index contributed by atoms with van der Waals surface area (Å²) in [5.74, 6) is 0.396. The molecule has 1 aromatic carbocycles. The van der Waals surface area contributed by atoms with Gasteiger partial charge in [-0.15, -0.1) is 0 Å². The summed E-state index contributed by atoms with van der Waals surface area (Å²) in [7, 11) is 0. The molecular weight excluding hydrogens is 258 g/mol. The third kappa shape index (κ3) is 4.26. The van der Waals surface area contributed by atoms with Crippen molar-refractivity contribution in [2.75, 3.05) is 26.2 Å². The van der Waals surface area contributed by atoms with E-state index in [1.54, 1.807) is 0 Å². The van der Waals surface area contributed by atoms with E-state index in [0.717, 1.165) is 25.2 Å². The number of nitrogens with two attached hydrogens (primary N) is 1. The molecule has 21 heavy (non-hydrogen) atoms. The van der Waals surface area contributed by atoms with Crippen LogP contribution in [0.2, 0.25) is 0 Å². The molecule has 0 saturated carbocycles. The van der Waals surface area contributed by atoms with Gasteiger partial charge in [0.15, 0.2) is 0 Å². The molecule has 2 N–H and O–H groups in total. The van der Waals surface area contributed by atoms with E-state index >= 15 is 0 Å². The maximum Gasteiger partial charge on any atom is 0.0702 e. The second-order valence-corrected chi connectivity index (χ2v) is 5.69. The van der Waals surface area contributed by atoms with Crippen molar-refractivity contribution in [2.24, 2.45) is 5.73 Å². The number of aromatic nitrogens is 1. The van der Waals surface area contributed by atoms with Crippen molar-refractivity contribution in [3.63, 3.8) is 0 Å². The molecule has 1 atom stereocenters. The third-order valence-electron chi connectivity index (χ3n) is 3.94. The van der Waals surface area contributed by atoms with Gasteiger partial charge in [0.05, 0.1) is 5.52 Å². The van der Waals surface area contributed by atoms with Gasteiger partial charge >= 0.3 is 0 Å². The maximum absolute atomic E-state index is 6.05. The third-order valence-corrected chi connectivity index (χ3v) is 3.94. The van der Waals surface area contributed by atoms with Gasteiger partial charge in [0, 0.05) is 30.6 Å². The second kappa shape index (κ2) is 8.11. The van der Waals surface area contributed by atoms with E-state index < -0.39 is 0 Å². The zero-order valence-electron chi connectivity index (χ0n) is 13.3. The summed E-state index contributed by atoms with van der Waals surface area (Å²) in [5.41, 5.74) is 8.43. The second-order valence-electron chi connectivity index (χ2n) is 5.69. The van der Waals surface area contributed by atoms with Crippen molar-refractivity contribution < 1.29 is 0 Å². The Morgan fingerprint density at radius 1 is 1.14 bits per heavy atom. The molecule has 0 aliphatic heterocycles. The zero-order valence-corrected chi connectivity index (χ0v) is 13.3. The summed E-state index contributed by atoms with van der Waals surface area (Å²) < 4.78 is 0. The first-order valence-corrected chi connectivity index (χ1v) is 8.05.